The summed E-state index contributed by atoms with van der Waals surface area (Å²) in [5.41, 5.74) is 4.33. The van der Waals surface area contributed by atoms with E-state index in [1.54, 1.807) is 18.8 Å². The van der Waals surface area contributed by atoms with E-state index in [0.29, 0.717) is 18.4 Å². The van der Waals surface area contributed by atoms with Crippen molar-refractivity contribution in [3.63, 3.8) is 0 Å². The Hall–Kier alpha value is -3.35. The molecular formula is C28H32N2O4. The summed E-state index contributed by atoms with van der Waals surface area (Å²) < 4.78 is 6.17. The van der Waals surface area contributed by atoms with Crippen LogP contribution < -0.4 is 5.48 Å². The fourth-order valence-electron chi connectivity index (χ4n) is 4.29. The number of nitrogens with one attached hydrogen (secondary N) is 1. The van der Waals surface area contributed by atoms with E-state index in [1.165, 1.54) is 0 Å². The molecule has 0 fully saturated rings. The second kappa shape index (κ2) is 12.8. The van der Waals surface area contributed by atoms with Crippen LogP contribution in [-0.4, -0.2) is 29.0 Å². The number of aromatic nitrogens is 1. The number of carbonyl (C=O) groups is 2. The van der Waals surface area contributed by atoms with Gasteiger partial charge in [0.1, 0.15) is 5.60 Å². The van der Waals surface area contributed by atoms with Crippen molar-refractivity contribution in [2.24, 2.45) is 0 Å². The Morgan fingerprint density at radius 3 is 2.06 bits per heavy atom. The van der Waals surface area contributed by atoms with Crippen molar-refractivity contribution >= 4 is 11.7 Å². The van der Waals surface area contributed by atoms with Crippen molar-refractivity contribution in [1.82, 2.24) is 10.5 Å². The van der Waals surface area contributed by atoms with Crippen molar-refractivity contribution in [1.29, 1.82) is 0 Å². The number of carbonyl (C=O) groups excluding carboxylic acids is 2. The number of benzene rings is 2. The average Bonchev–Trinajstić information content (AvgIpc) is 2.90. The van der Waals surface area contributed by atoms with Crippen LogP contribution in [0.15, 0.2) is 79.1 Å². The molecule has 6 nitrogen and oxygen atoms in total. The van der Waals surface area contributed by atoms with Crippen LogP contribution in [-0.2, 0) is 15.1 Å². The normalized spacial score (nSPS) is 12.6. The summed E-state index contributed by atoms with van der Waals surface area (Å²) in [6.07, 6.45) is 8.73. The monoisotopic (exact) mass is 460 g/mol. The average molecular weight is 461 g/mol. The molecule has 0 bridgehead atoms. The van der Waals surface area contributed by atoms with Crippen LogP contribution in [0.5, 0.6) is 0 Å². The summed E-state index contributed by atoms with van der Waals surface area (Å²) in [4.78, 5) is 28.0. The van der Waals surface area contributed by atoms with E-state index in [9.17, 15) is 9.59 Å². The highest BCUT2D eigenvalue weighted by Crippen LogP contribution is 2.39. The van der Waals surface area contributed by atoms with E-state index < -0.39 is 5.60 Å². The minimum Gasteiger partial charge on any atom is -0.364 e. The minimum absolute atomic E-state index is 0.121. The number of ketones is 1. The van der Waals surface area contributed by atoms with E-state index in [1.807, 2.05) is 72.9 Å². The van der Waals surface area contributed by atoms with Gasteiger partial charge in [0.2, 0.25) is 5.91 Å². The van der Waals surface area contributed by atoms with Crippen LogP contribution in [0, 0.1) is 0 Å². The Morgan fingerprint density at radius 2 is 1.44 bits per heavy atom. The maximum Gasteiger partial charge on any atom is 0.243 e. The van der Waals surface area contributed by atoms with Crippen LogP contribution in [0.3, 0.4) is 0 Å². The smallest absolute Gasteiger partial charge is 0.243 e. The van der Waals surface area contributed by atoms with Gasteiger partial charge in [-0.15, -0.1) is 0 Å². The van der Waals surface area contributed by atoms with Crippen LogP contribution >= 0.6 is 0 Å². The predicted octanol–water partition coefficient (Wildman–Crippen LogP) is 5.44. The van der Waals surface area contributed by atoms with Crippen LogP contribution in [0.1, 0.15) is 72.0 Å². The quantitative estimate of drug-likeness (QED) is 0.153. The summed E-state index contributed by atoms with van der Waals surface area (Å²) in [6, 6.07) is 21.6. The van der Waals surface area contributed by atoms with E-state index in [0.717, 1.165) is 48.8 Å². The van der Waals surface area contributed by atoms with E-state index in [-0.39, 0.29) is 11.7 Å². The van der Waals surface area contributed by atoms with Gasteiger partial charge in [-0.2, -0.15) is 0 Å². The molecule has 0 radical (unpaired) electrons. The second-order valence-corrected chi connectivity index (χ2v) is 8.30. The van der Waals surface area contributed by atoms with Gasteiger partial charge >= 0.3 is 0 Å². The van der Waals surface area contributed by atoms with Gasteiger partial charge in [0, 0.05) is 43.5 Å². The summed E-state index contributed by atoms with van der Waals surface area (Å²) in [7, 11) is 1.69. The first kappa shape index (κ1) is 25.3. The lowest BCUT2D eigenvalue weighted by Gasteiger charge is -2.34. The molecule has 2 N–H and O–H groups in total. The summed E-state index contributed by atoms with van der Waals surface area (Å²) in [6.45, 7) is 0. The third kappa shape index (κ3) is 6.16. The fourth-order valence-corrected chi connectivity index (χ4v) is 4.29. The van der Waals surface area contributed by atoms with Gasteiger partial charge in [-0.1, -0.05) is 79.9 Å². The van der Waals surface area contributed by atoms with E-state index in [4.69, 9.17) is 9.94 Å². The van der Waals surface area contributed by atoms with Gasteiger partial charge in [0.15, 0.2) is 5.78 Å². The predicted molar refractivity (Wildman–Crippen MR) is 131 cm³/mol. The molecule has 0 spiro atoms. The molecule has 6 heteroatoms. The highest BCUT2D eigenvalue weighted by molar-refractivity contribution is 5.96. The zero-order chi connectivity index (χ0) is 24.2. The number of Topliss-reactive ketones (excluding diaryl/α,β-unsaturated/α-hetero) is 1. The summed E-state index contributed by atoms with van der Waals surface area (Å²) in [5.74, 6) is -0.234. The lowest BCUT2D eigenvalue weighted by atomic mass is 9.80. The van der Waals surface area contributed by atoms with E-state index >= 15 is 0 Å². The molecule has 3 aromatic rings. The maximum atomic E-state index is 12.7. The molecule has 1 atom stereocenters. The Labute approximate surface area is 201 Å². The molecular weight excluding hydrogens is 428 g/mol. The molecule has 0 aliphatic carbocycles. The van der Waals surface area contributed by atoms with Crippen molar-refractivity contribution in [3.8, 4) is 0 Å². The summed E-state index contributed by atoms with van der Waals surface area (Å²) >= 11 is 0. The summed E-state index contributed by atoms with van der Waals surface area (Å²) in [5, 5.41) is 8.49. The molecule has 0 saturated carbocycles. The Balaban J connectivity index is 1.67. The number of nitrogens with zero attached hydrogens (tertiary/aromatic N) is 1. The third-order valence-electron chi connectivity index (χ3n) is 6.10. The second-order valence-electron chi connectivity index (χ2n) is 8.30. The number of pyridine rings is 1. The van der Waals surface area contributed by atoms with Gasteiger partial charge < -0.3 is 4.74 Å². The van der Waals surface area contributed by atoms with Crippen LogP contribution in [0.4, 0.5) is 0 Å². The molecule has 1 unspecified atom stereocenters. The number of ether oxygens (including phenoxy) is 1. The number of methoxy groups -OCH3 is 1. The third-order valence-corrected chi connectivity index (χ3v) is 6.10. The Bertz CT molecular complexity index is 998. The molecule has 0 aliphatic heterocycles. The van der Waals surface area contributed by atoms with Crippen molar-refractivity contribution in [3.05, 3.63) is 101 Å². The molecule has 178 valence electrons. The van der Waals surface area contributed by atoms with Gasteiger partial charge in [-0.05, 0) is 30.0 Å². The Kier molecular flexibility index (Phi) is 9.50. The molecule has 0 saturated heterocycles. The van der Waals surface area contributed by atoms with Crippen molar-refractivity contribution < 1.29 is 19.5 Å². The minimum atomic E-state index is -0.829. The molecule has 3 rings (SSSR count). The van der Waals surface area contributed by atoms with Gasteiger partial charge in [-0.3, -0.25) is 19.8 Å². The zero-order valence-electron chi connectivity index (χ0n) is 19.6. The fraction of sp³-hybridized carbons (Fsp3) is 0.321. The highest BCUT2D eigenvalue weighted by Gasteiger charge is 2.36. The highest BCUT2D eigenvalue weighted by atomic mass is 16.5. The molecule has 1 heterocycles. The molecule has 1 amide bonds. The largest absolute Gasteiger partial charge is 0.364 e. The van der Waals surface area contributed by atoms with Gasteiger partial charge in [-0.25, -0.2) is 5.48 Å². The van der Waals surface area contributed by atoms with Crippen molar-refractivity contribution in [2.75, 3.05) is 7.11 Å². The number of unbranched alkanes of at least 4 members (excludes halogenated alkanes) is 4. The van der Waals surface area contributed by atoms with E-state index in [2.05, 4.69) is 4.98 Å². The van der Waals surface area contributed by atoms with Gasteiger partial charge in [0.25, 0.3) is 0 Å². The number of rotatable bonds is 13. The van der Waals surface area contributed by atoms with Crippen LogP contribution in [0.25, 0.3) is 0 Å². The first-order valence-electron chi connectivity index (χ1n) is 11.7. The lowest BCUT2D eigenvalue weighted by molar-refractivity contribution is -0.129. The molecule has 0 aliphatic rings. The SMILES string of the molecule is COC(c1ccccc1)(c1ccc(C(=O)CCCCCCCC(=O)NO)cc1)c1cccnc1. The zero-order valence-corrected chi connectivity index (χ0v) is 19.6. The first-order valence-corrected chi connectivity index (χ1v) is 11.7. The topological polar surface area (TPSA) is 88.5 Å². The molecule has 1 aromatic heterocycles. The standard InChI is InChI=1S/C28H32N2O4/c1-34-28(23-11-6-5-7-12-23,25-13-10-20-29-21-25)24-18-16-22(17-19-24)26(31)14-8-3-2-4-9-15-27(32)30-33/h5-7,10-13,16-21,33H,2-4,8-9,14-15H2,1H3,(H,30,32). The van der Waals surface area contributed by atoms with Crippen LogP contribution in [0.2, 0.25) is 0 Å². The Morgan fingerprint density at radius 1 is 0.824 bits per heavy atom. The lowest BCUT2D eigenvalue weighted by Crippen LogP contribution is -2.31. The molecule has 34 heavy (non-hydrogen) atoms. The number of amides is 1. The number of hydrogen-bond donors (Lipinski definition) is 2. The number of hydroxylamine groups is 1. The first-order chi connectivity index (χ1) is 16.6. The maximum absolute atomic E-state index is 12.7. The van der Waals surface area contributed by atoms with Crippen molar-refractivity contribution in [2.45, 2.75) is 50.5 Å². The van der Waals surface area contributed by atoms with Gasteiger partial charge in [0.05, 0.1) is 0 Å². The number of hydrogen-bond acceptors (Lipinski definition) is 5. The molecule has 2 aromatic carbocycles.